The molecule has 1 atom stereocenters. The third-order valence-corrected chi connectivity index (χ3v) is 3.30. The second-order valence-electron chi connectivity index (χ2n) is 6.04. The summed E-state index contributed by atoms with van der Waals surface area (Å²) in [7, 11) is 1.71. The van der Waals surface area contributed by atoms with E-state index in [1.807, 2.05) is 24.3 Å². The minimum Gasteiger partial charge on any atom is -0.494 e. The Morgan fingerprint density at radius 2 is 1.86 bits per heavy atom. The third kappa shape index (κ3) is 7.31. The lowest BCUT2D eigenvalue weighted by Gasteiger charge is -2.18. The summed E-state index contributed by atoms with van der Waals surface area (Å²) in [5.74, 6) is 1.43. The molecule has 5 nitrogen and oxygen atoms in total. The van der Waals surface area contributed by atoms with Gasteiger partial charge in [0.25, 0.3) is 0 Å². The van der Waals surface area contributed by atoms with Crippen LogP contribution >= 0.6 is 0 Å². The fourth-order valence-electron chi connectivity index (χ4n) is 1.75. The average Bonchev–Trinajstić information content (AvgIpc) is 2.46. The van der Waals surface area contributed by atoms with Gasteiger partial charge < -0.3 is 20.1 Å². The Hall–Kier alpha value is -1.75. The van der Waals surface area contributed by atoms with Crippen molar-refractivity contribution in [3.8, 4) is 5.75 Å². The van der Waals surface area contributed by atoms with Gasteiger partial charge in [-0.1, -0.05) is 13.8 Å². The number of amides is 2. The molecule has 0 saturated carbocycles. The molecular weight excluding hydrogens is 280 g/mol. The van der Waals surface area contributed by atoms with E-state index in [4.69, 9.17) is 4.74 Å². The van der Waals surface area contributed by atoms with Crippen molar-refractivity contribution < 1.29 is 14.6 Å². The summed E-state index contributed by atoms with van der Waals surface area (Å²) in [6.07, 6.45) is 1.18. The van der Waals surface area contributed by atoms with E-state index in [-0.39, 0.29) is 6.03 Å². The molecule has 0 saturated heterocycles. The molecule has 0 radical (unpaired) electrons. The van der Waals surface area contributed by atoms with Gasteiger partial charge in [-0.25, -0.2) is 4.79 Å². The lowest BCUT2D eigenvalue weighted by Crippen LogP contribution is -2.33. The molecule has 1 aromatic carbocycles. The first-order valence-electron chi connectivity index (χ1n) is 7.81. The number of anilines is 1. The lowest BCUT2D eigenvalue weighted by molar-refractivity contribution is 0.167. The van der Waals surface area contributed by atoms with Crippen LogP contribution in [0.1, 0.15) is 33.6 Å². The number of carbonyl (C=O) groups excluding carboxylic acids is 1. The maximum Gasteiger partial charge on any atom is 0.321 e. The molecule has 2 amide bonds. The van der Waals surface area contributed by atoms with Gasteiger partial charge in [-0.15, -0.1) is 0 Å². The normalized spacial score (nSPS) is 12.1. The first kappa shape index (κ1) is 18.3. The molecule has 0 aliphatic rings. The minimum atomic E-state index is -0.405. The Morgan fingerprint density at radius 3 is 2.41 bits per heavy atom. The second-order valence-corrected chi connectivity index (χ2v) is 6.04. The number of carbonyl (C=O) groups is 1. The summed E-state index contributed by atoms with van der Waals surface area (Å²) in [6.45, 7) is 7.25. The molecule has 0 bridgehead atoms. The van der Waals surface area contributed by atoms with Crippen LogP contribution < -0.4 is 10.1 Å². The van der Waals surface area contributed by atoms with Crippen LogP contribution in [0.5, 0.6) is 5.75 Å². The van der Waals surface area contributed by atoms with Crippen molar-refractivity contribution >= 4 is 11.7 Å². The van der Waals surface area contributed by atoms with Gasteiger partial charge in [0.15, 0.2) is 0 Å². The van der Waals surface area contributed by atoms with Crippen LogP contribution in [-0.2, 0) is 0 Å². The summed E-state index contributed by atoms with van der Waals surface area (Å²) in [5.41, 5.74) is 0.727. The molecule has 1 aromatic rings. The highest BCUT2D eigenvalue weighted by atomic mass is 16.5. The fraction of sp³-hybridized carbons (Fsp3) is 0.588. The molecule has 1 rings (SSSR count). The topological polar surface area (TPSA) is 61.8 Å². The van der Waals surface area contributed by atoms with Crippen molar-refractivity contribution in [1.82, 2.24) is 4.90 Å². The van der Waals surface area contributed by atoms with E-state index in [1.54, 1.807) is 18.9 Å². The Kier molecular flexibility index (Phi) is 7.74. The van der Waals surface area contributed by atoms with Crippen molar-refractivity contribution in [3.63, 3.8) is 0 Å². The molecule has 124 valence electrons. The van der Waals surface area contributed by atoms with Crippen LogP contribution in [-0.4, -0.2) is 42.3 Å². The Labute approximate surface area is 133 Å². The lowest BCUT2D eigenvalue weighted by atomic mass is 10.1. The van der Waals surface area contributed by atoms with E-state index >= 15 is 0 Å². The number of nitrogens with one attached hydrogen (secondary N) is 1. The molecule has 5 heteroatoms. The first-order valence-corrected chi connectivity index (χ1v) is 7.81. The molecular formula is C17H28N2O3. The molecule has 0 aliphatic carbocycles. The van der Waals surface area contributed by atoms with E-state index in [1.165, 1.54) is 0 Å². The summed E-state index contributed by atoms with van der Waals surface area (Å²) >= 11 is 0. The van der Waals surface area contributed by atoms with Gasteiger partial charge in [0.05, 0.1) is 12.7 Å². The van der Waals surface area contributed by atoms with Gasteiger partial charge in [0.1, 0.15) is 5.75 Å². The summed E-state index contributed by atoms with van der Waals surface area (Å²) < 4.78 is 5.64. The Bertz CT molecular complexity index is 444. The second kappa shape index (κ2) is 9.30. The zero-order valence-corrected chi connectivity index (χ0v) is 14.0. The fourth-order valence-corrected chi connectivity index (χ4v) is 1.75. The highest BCUT2D eigenvalue weighted by Gasteiger charge is 2.09. The number of aliphatic hydroxyl groups excluding tert-OH is 1. The zero-order valence-electron chi connectivity index (χ0n) is 14.0. The molecule has 0 aliphatic heterocycles. The SMILES string of the molecule is CC(C)CCOc1ccc(NC(=O)N(C)CCC(C)O)cc1. The monoisotopic (exact) mass is 308 g/mol. The summed E-state index contributed by atoms with van der Waals surface area (Å²) in [4.78, 5) is 13.5. The molecule has 0 spiro atoms. The average molecular weight is 308 g/mol. The van der Waals surface area contributed by atoms with E-state index in [0.29, 0.717) is 25.5 Å². The molecule has 0 aromatic heterocycles. The minimum absolute atomic E-state index is 0.186. The largest absolute Gasteiger partial charge is 0.494 e. The molecule has 22 heavy (non-hydrogen) atoms. The standard InChI is InChI=1S/C17H28N2O3/c1-13(2)10-12-22-16-7-5-15(6-8-16)18-17(21)19(4)11-9-14(3)20/h5-8,13-14,20H,9-12H2,1-4H3,(H,18,21). The maximum absolute atomic E-state index is 12.0. The molecule has 0 fully saturated rings. The smallest absolute Gasteiger partial charge is 0.321 e. The third-order valence-electron chi connectivity index (χ3n) is 3.30. The number of aliphatic hydroxyl groups is 1. The van der Waals surface area contributed by atoms with Crippen LogP contribution in [0.3, 0.4) is 0 Å². The number of benzene rings is 1. The summed E-state index contributed by atoms with van der Waals surface area (Å²) in [6, 6.07) is 7.17. The van der Waals surface area contributed by atoms with Crippen LogP contribution in [0, 0.1) is 5.92 Å². The highest BCUT2D eigenvalue weighted by molar-refractivity contribution is 5.89. The van der Waals surface area contributed by atoms with E-state index in [0.717, 1.165) is 17.9 Å². The van der Waals surface area contributed by atoms with Gasteiger partial charge >= 0.3 is 6.03 Å². The van der Waals surface area contributed by atoms with E-state index < -0.39 is 6.10 Å². The molecule has 1 unspecified atom stereocenters. The number of hydrogen-bond acceptors (Lipinski definition) is 3. The number of ether oxygens (including phenoxy) is 1. The van der Waals surface area contributed by atoms with Crippen LogP contribution in [0.4, 0.5) is 10.5 Å². The summed E-state index contributed by atoms with van der Waals surface area (Å²) in [5, 5.41) is 12.1. The predicted octanol–water partition coefficient (Wildman–Crippen LogP) is 3.35. The van der Waals surface area contributed by atoms with Gasteiger partial charge in [0.2, 0.25) is 0 Å². The van der Waals surface area contributed by atoms with Crippen LogP contribution in [0.15, 0.2) is 24.3 Å². The number of rotatable bonds is 8. The number of nitrogens with zero attached hydrogens (tertiary/aromatic N) is 1. The molecule has 0 heterocycles. The van der Waals surface area contributed by atoms with Crippen LogP contribution in [0.25, 0.3) is 0 Å². The van der Waals surface area contributed by atoms with E-state index in [9.17, 15) is 9.90 Å². The van der Waals surface area contributed by atoms with Crippen molar-refractivity contribution in [2.45, 2.75) is 39.7 Å². The predicted molar refractivity (Wildman–Crippen MR) is 89.3 cm³/mol. The molecule has 2 N–H and O–H groups in total. The van der Waals surface area contributed by atoms with Gasteiger partial charge in [-0.05, 0) is 49.9 Å². The number of urea groups is 1. The maximum atomic E-state index is 12.0. The Morgan fingerprint density at radius 1 is 1.23 bits per heavy atom. The first-order chi connectivity index (χ1) is 10.4. The highest BCUT2D eigenvalue weighted by Crippen LogP contribution is 2.16. The van der Waals surface area contributed by atoms with Gasteiger partial charge in [-0.3, -0.25) is 0 Å². The van der Waals surface area contributed by atoms with Crippen LogP contribution in [0.2, 0.25) is 0 Å². The van der Waals surface area contributed by atoms with Crippen molar-refractivity contribution in [1.29, 1.82) is 0 Å². The Balaban J connectivity index is 2.41. The number of hydrogen-bond donors (Lipinski definition) is 2. The quantitative estimate of drug-likeness (QED) is 0.774. The van der Waals surface area contributed by atoms with Gasteiger partial charge in [-0.2, -0.15) is 0 Å². The van der Waals surface area contributed by atoms with Crippen molar-refractivity contribution in [2.75, 3.05) is 25.5 Å². The zero-order chi connectivity index (χ0) is 16.5. The van der Waals surface area contributed by atoms with E-state index in [2.05, 4.69) is 19.2 Å². The van der Waals surface area contributed by atoms with Crippen molar-refractivity contribution in [3.05, 3.63) is 24.3 Å². The van der Waals surface area contributed by atoms with Crippen molar-refractivity contribution in [2.24, 2.45) is 5.92 Å². The van der Waals surface area contributed by atoms with Gasteiger partial charge in [0, 0.05) is 19.3 Å².